The summed E-state index contributed by atoms with van der Waals surface area (Å²) in [5.74, 6) is 0.135. The minimum Gasteiger partial charge on any atom is -0.322 e. The summed E-state index contributed by atoms with van der Waals surface area (Å²) < 4.78 is 0. The van der Waals surface area contributed by atoms with Crippen molar-refractivity contribution >= 4 is 5.91 Å². The van der Waals surface area contributed by atoms with Crippen molar-refractivity contribution in [2.24, 2.45) is 0 Å². The van der Waals surface area contributed by atoms with Gasteiger partial charge in [-0.1, -0.05) is 43.5 Å². The van der Waals surface area contributed by atoms with Crippen molar-refractivity contribution in [1.82, 2.24) is 4.90 Å². The highest BCUT2D eigenvalue weighted by Crippen LogP contribution is 2.32. The normalized spacial score (nSPS) is 24.8. The number of carbonyl (C=O) groups excluding carboxylic acids is 1. The van der Waals surface area contributed by atoms with Crippen LogP contribution >= 0.6 is 0 Å². The number of benzene rings is 1. The zero-order valence-corrected chi connectivity index (χ0v) is 16.9. The average molecular weight is 371 g/mol. The summed E-state index contributed by atoms with van der Waals surface area (Å²) in [6, 6.07) is 11.1. The highest BCUT2D eigenvalue weighted by atomic mass is 16.2. The van der Waals surface area contributed by atoms with E-state index < -0.39 is 5.54 Å². The van der Waals surface area contributed by atoms with E-state index in [0.29, 0.717) is 6.54 Å². The maximum absolute atomic E-state index is 12.8. The zero-order chi connectivity index (χ0) is 19.3. The molecule has 5 nitrogen and oxygen atoms in total. The van der Waals surface area contributed by atoms with Gasteiger partial charge in [-0.15, -0.1) is 0 Å². The first-order valence-corrected chi connectivity index (χ1v) is 10.4. The number of amides is 1. The third-order valence-electron chi connectivity index (χ3n) is 6.67. The first kappa shape index (κ1) is 19.9. The van der Waals surface area contributed by atoms with E-state index in [1.807, 2.05) is 7.05 Å². The topological polar surface area (TPSA) is 53.0 Å². The van der Waals surface area contributed by atoms with Gasteiger partial charge in [0.15, 0.2) is 6.54 Å². The molecule has 0 bridgehead atoms. The quantitative estimate of drug-likeness (QED) is 0.764. The molecule has 1 saturated heterocycles. The highest BCUT2D eigenvalue weighted by molar-refractivity contribution is 5.78. The maximum Gasteiger partial charge on any atom is 0.278 e. The van der Waals surface area contributed by atoms with E-state index in [1.165, 1.54) is 22.4 Å². The van der Waals surface area contributed by atoms with E-state index >= 15 is 0 Å². The Kier molecular flexibility index (Phi) is 6.51. The van der Waals surface area contributed by atoms with Crippen LogP contribution in [0.4, 0.5) is 0 Å². The molecule has 2 aliphatic rings. The first-order valence-electron chi connectivity index (χ1n) is 10.4. The van der Waals surface area contributed by atoms with Crippen molar-refractivity contribution in [2.75, 3.05) is 39.8 Å². The lowest BCUT2D eigenvalue weighted by Crippen LogP contribution is -3.28. The molecule has 1 aliphatic heterocycles. The summed E-state index contributed by atoms with van der Waals surface area (Å²) in [7, 11) is 1.84. The Morgan fingerprint density at radius 3 is 2.37 bits per heavy atom. The molecule has 0 radical (unpaired) electrons. The van der Waals surface area contributed by atoms with E-state index in [2.05, 4.69) is 37.3 Å². The lowest BCUT2D eigenvalue weighted by Gasteiger charge is -2.39. The number of aryl methyl sites for hydroxylation is 1. The molecule has 0 aromatic heterocycles. The van der Waals surface area contributed by atoms with Crippen molar-refractivity contribution in [3.63, 3.8) is 0 Å². The number of hydrogen-bond acceptors (Lipinski definition) is 2. The van der Waals surface area contributed by atoms with E-state index in [9.17, 15) is 10.1 Å². The smallest absolute Gasteiger partial charge is 0.278 e. The molecule has 2 fully saturated rings. The van der Waals surface area contributed by atoms with Crippen LogP contribution in [0, 0.1) is 18.3 Å². The van der Waals surface area contributed by atoms with Crippen LogP contribution in [0.2, 0.25) is 0 Å². The summed E-state index contributed by atoms with van der Waals surface area (Å²) in [6.45, 7) is 8.04. The van der Waals surface area contributed by atoms with Gasteiger partial charge in [0.2, 0.25) is 0 Å². The molecule has 0 atom stereocenters. The summed E-state index contributed by atoms with van der Waals surface area (Å²) >= 11 is 0. The molecule has 1 saturated carbocycles. The van der Waals surface area contributed by atoms with Gasteiger partial charge in [0.05, 0.1) is 6.07 Å². The average Bonchev–Trinajstić information content (AvgIpc) is 2.71. The molecule has 0 spiro atoms. The first-order chi connectivity index (χ1) is 13.0. The zero-order valence-electron chi connectivity index (χ0n) is 16.9. The Bertz CT molecular complexity index is 682. The summed E-state index contributed by atoms with van der Waals surface area (Å²) in [5.41, 5.74) is 2.23. The molecule has 3 rings (SSSR count). The van der Waals surface area contributed by atoms with Crippen LogP contribution in [0.5, 0.6) is 0 Å². The predicted octanol–water partition coefficient (Wildman–Crippen LogP) is -0.0367. The highest BCUT2D eigenvalue weighted by Gasteiger charge is 2.40. The number of likely N-dealkylation sites (N-methyl/N-ethyl adjacent to an activating group) is 1. The fourth-order valence-corrected chi connectivity index (χ4v) is 4.62. The van der Waals surface area contributed by atoms with Crippen molar-refractivity contribution < 1.29 is 14.6 Å². The number of nitriles is 1. The van der Waals surface area contributed by atoms with E-state index in [-0.39, 0.29) is 5.91 Å². The number of quaternary nitrogens is 2. The number of rotatable bonds is 5. The number of nitrogens with one attached hydrogen (secondary N) is 2. The van der Waals surface area contributed by atoms with E-state index in [0.717, 1.165) is 58.4 Å². The molecule has 1 amide bonds. The fourth-order valence-electron chi connectivity index (χ4n) is 4.62. The van der Waals surface area contributed by atoms with Gasteiger partial charge in [-0.25, -0.2) is 0 Å². The van der Waals surface area contributed by atoms with Gasteiger partial charge in [-0.05, 0) is 25.3 Å². The summed E-state index contributed by atoms with van der Waals surface area (Å²) in [4.78, 5) is 17.6. The summed E-state index contributed by atoms with van der Waals surface area (Å²) in [5, 5.41) is 9.71. The van der Waals surface area contributed by atoms with Gasteiger partial charge in [-0.3, -0.25) is 4.79 Å². The lowest BCUT2D eigenvalue weighted by atomic mass is 9.81. The molecule has 1 aliphatic carbocycles. The van der Waals surface area contributed by atoms with Crippen LogP contribution in [0.15, 0.2) is 24.3 Å². The Morgan fingerprint density at radius 2 is 1.74 bits per heavy atom. The SMILES string of the molecule is Cc1ccccc1C[NH+]1CC[NH+](CC(=O)N(C)C2(C#N)CCCCC2)CC1. The number of hydrogen-bond donors (Lipinski definition) is 2. The Hall–Kier alpha value is -1.90. The third kappa shape index (κ3) is 4.69. The third-order valence-corrected chi connectivity index (χ3v) is 6.67. The second-order valence-corrected chi connectivity index (χ2v) is 8.44. The van der Waals surface area contributed by atoms with Gasteiger partial charge < -0.3 is 14.7 Å². The minimum atomic E-state index is -0.563. The Labute approximate surface area is 163 Å². The second kappa shape index (κ2) is 8.86. The van der Waals surface area contributed by atoms with Gasteiger partial charge in [0, 0.05) is 12.6 Å². The molecular weight excluding hydrogens is 336 g/mol. The van der Waals surface area contributed by atoms with Crippen LogP contribution in [-0.4, -0.2) is 56.1 Å². The molecule has 1 heterocycles. The molecule has 2 N–H and O–H groups in total. The van der Waals surface area contributed by atoms with Crippen molar-refractivity contribution in [3.8, 4) is 6.07 Å². The summed E-state index contributed by atoms with van der Waals surface area (Å²) in [6.07, 6.45) is 4.95. The number of nitrogens with zero attached hydrogens (tertiary/aromatic N) is 2. The van der Waals surface area contributed by atoms with Crippen LogP contribution < -0.4 is 9.80 Å². The second-order valence-electron chi connectivity index (χ2n) is 8.44. The molecule has 0 unspecified atom stereocenters. The van der Waals surface area contributed by atoms with E-state index in [4.69, 9.17) is 0 Å². The van der Waals surface area contributed by atoms with Crippen LogP contribution in [0.1, 0.15) is 43.2 Å². The maximum atomic E-state index is 12.8. The van der Waals surface area contributed by atoms with Gasteiger partial charge >= 0.3 is 0 Å². The van der Waals surface area contributed by atoms with Crippen molar-refractivity contribution in [1.29, 1.82) is 5.26 Å². The van der Waals surface area contributed by atoms with Crippen LogP contribution in [0.25, 0.3) is 0 Å². The molecule has 1 aromatic rings. The van der Waals surface area contributed by atoms with Crippen LogP contribution in [0.3, 0.4) is 0 Å². The molecule has 5 heteroatoms. The van der Waals surface area contributed by atoms with Gasteiger partial charge in [-0.2, -0.15) is 5.26 Å². The molecule has 1 aromatic carbocycles. The Balaban J connectivity index is 1.49. The fraction of sp³-hybridized carbons (Fsp3) is 0.636. The molecule has 27 heavy (non-hydrogen) atoms. The molecular formula is C22H34N4O+2. The lowest BCUT2D eigenvalue weighted by molar-refractivity contribution is -1.02. The van der Waals surface area contributed by atoms with Crippen LogP contribution in [-0.2, 0) is 11.3 Å². The van der Waals surface area contributed by atoms with Gasteiger partial charge in [0.1, 0.15) is 38.3 Å². The van der Waals surface area contributed by atoms with Crippen molar-refractivity contribution in [2.45, 2.75) is 51.1 Å². The number of piperazine rings is 1. The standard InChI is InChI=1S/C22H32N4O/c1-19-8-4-5-9-20(19)16-25-12-14-26(15-13-25)17-21(27)24(2)22(18-23)10-6-3-7-11-22/h4-5,8-9H,3,6-7,10-17H2,1-2H3/p+2. The molecule has 146 valence electrons. The van der Waals surface area contributed by atoms with E-state index in [1.54, 1.807) is 9.80 Å². The Morgan fingerprint density at radius 1 is 1.11 bits per heavy atom. The predicted molar refractivity (Wildman–Crippen MR) is 105 cm³/mol. The monoisotopic (exact) mass is 370 g/mol. The van der Waals surface area contributed by atoms with Crippen molar-refractivity contribution in [3.05, 3.63) is 35.4 Å². The minimum absolute atomic E-state index is 0.135. The largest absolute Gasteiger partial charge is 0.322 e. The van der Waals surface area contributed by atoms with Gasteiger partial charge in [0.25, 0.3) is 5.91 Å². The number of carbonyl (C=O) groups is 1.